The lowest BCUT2D eigenvalue weighted by Crippen LogP contribution is -2.36. The van der Waals surface area contributed by atoms with Gasteiger partial charge in [0.25, 0.3) is 0 Å². The summed E-state index contributed by atoms with van der Waals surface area (Å²) in [6.45, 7) is 6.65. The van der Waals surface area contributed by atoms with E-state index in [1.807, 2.05) is 11.0 Å². The van der Waals surface area contributed by atoms with Crippen molar-refractivity contribution < 1.29 is 9.59 Å². The van der Waals surface area contributed by atoms with E-state index in [1.165, 1.54) is 18.4 Å². The van der Waals surface area contributed by atoms with E-state index in [1.54, 1.807) is 6.92 Å². The van der Waals surface area contributed by atoms with Crippen LogP contribution in [0.25, 0.3) is 0 Å². The molecule has 152 valence electrons. The van der Waals surface area contributed by atoms with E-state index in [4.69, 9.17) is 0 Å². The zero-order valence-corrected chi connectivity index (χ0v) is 17.0. The topological polar surface area (TPSA) is 52.7 Å². The molecule has 3 atom stereocenters. The van der Waals surface area contributed by atoms with E-state index in [0.717, 1.165) is 52.0 Å². The summed E-state index contributed by atoms with van der Waals surface area (Å²) in [4.78, 5) is 28.9. The molecule has 0 spiro atoms. The van der Waals surface area contributed by atoms with E-state index in [-0.39, 0.29) is 23.8 Å². The summed E-state index contributed by atoms with van der Waals surface area (Å²) in [5, 5.41) is 3.35. The van der Waals surface area contributed by atoms with E-state index < -0.39 is 0 Å². The number of fused-ring (bicyclic) bond motifs is 1. The number of carbonyl (C=O) groups excluding carboxylic acids is 2. The van der Waals surface area contributed by atoms with Crippen LogP contribution < -0.4 is 5.32 Å². The van der Waals surface area contributed by atoms with Crippen LogP contribution in [0.5, 0.6) is 0 Å². The summed E-state index contributed by atoms with van der Waals surface area (Å²) >= 11 is 0. The van der Waals surface area contributed by atoms with E-state index >= 15 is 0 Å². The highest BCUT2D eigenvalue weighted by Gasteiger charge is 2.40. The molecule has 2 saturated heterocycles. The standard InChI is InChI=1S/C23H33N3O2/c1-17(27)26-15-20-13-25(14-21(20)16-26)12-11-22(18-7-3-2-4-8-18)24-23(28)19-9-5-6-10-19/h2-4,7-8,19-22H,5-6,9-16H2,1H3,(H,24,28)/t20-,21?,22?/m0/s1. The molecule has 2 heterocycles. The van der Waals surface area contributed by atoms with Crippen LogP contribution in [0.15, 0.2) is 30.3 Å². The Balaban J connectivity index is 1.33. The molecule has 5 heteroatoms. The molecule has 28 heavy (non-hydrogen) atoms. The normalized spacial score (nSPS) is 26.4. The van der Waals surface area contributed by atoms with Gasteiger partial charge in [-0.2, -0.15) is 0 Å². The Bertz CT molecular complexity index is 672. The van der Waals surface area contributed by atoms with E-state index in [2.05, 4.69) is 34.5 Å². The Morgan fingerprint density at radius 1 is 1.04 bits per heavy atom. The molecular formula is C23H33N3O2. The third kappa shape index (κ3) is 4.40. The third-order valence-electron chi connectivity index (χ3n) is 6.99. The lowest BCUT2D eigenvalue weighted by atomic mass is 10.0. The fourth-order valence-electron chi connectivity index (χ4n) is 5.33. The Hall–Kier alpha value is -1.88. The molecule has 2 amide bonds. The minimum Gasteiger partial charge on any atom is -0.349 e. The van der Waals surface area contributed by atoms with Gasteiger partial charge in [0, 0.05) is 45.6 Å². The second-order valence-corrected chi connectivity index (χ2v) is 8.95. The predicted octanol–water partition coefficient (Wildman–Crippen LogP) is 2.83. The van der Waals surface area contributed by atoms with Crippen LogP contribution in [0, 0.1) is 17.8 Å². The van der Waals surface area contributed by atoms with Crippen LogP contribution >= 0.6 is 0 Å². The average molecular weight is 384 g/mol. The molecule has 0 bridgehead atoms. The first-order valence-corrected chi connectivity index (χ1v) is 10.9. The molecule has 0 radical (unpaired) electrons. The molecule has 3 fully saturated rings. The van der Waals surface area contributed by atoms with Gasteiger partial charge < -0.3 is 15.1 Å². The van der Waals surface area contributed by atoms with E-state index in [9.17, 15) is 9.59 Å². The SMILES string of the molecule is CC(=O)N1CC2CN(CCC(NC(=O)C3CCCC3)c3ccccc3)C[C@H]2C1. The van der Waals surface area contributed by atoms with Crippen molar-refractivity contribution in [1.29, 1.82) is 0 Å². The van der Waals surface area contributed by atoms with Crippen molar-refractivity contribution in [2.45, 2.75) is 45.1 Å². The number of nitrogens with zero attached hydrogens (tertiary/aromatic N) is 2. The number of likely N-dealkylation sites (tertiary alicyclic amines) is 2. The first kappa shape index (κ1) is 19.4. The van der Waals surface area contributed by atoms with Crippen LogP contribution in [-0.2, 0) is 9.59 Å². The summed E-state index contributed by atoms with van der Waals surface area (Å²) < 4.78 is 0. The van der Waals surface area contributed by atoms with Gasteiger partial charge in [-0.05, 0) is 36.7 Å². The average Bonchev–Trinajstić information content (AvgIpc) is 3.41. The van der Waals surface area contributed by atoms with Crippen LogP contribution in [0.3, 0.4) is 0 Å². The largest absolute Gasteiger partial charge is 0.349 e. The maximum Gasteiger partial charge on any atom is 0.223 e. The van der Waals surface area contributed by atoms with Crippen molar-refractivity contribution in [2.75, 3.05) is 32.7 Å². The monoisotopic (exact) mass is 383 g/mol. The summed E-state index contributed by atoms with van der Waals surface area (Å²) in [6, 6.07) is 10.5. The molecule has 4 rings (SSSR count). The highest BCUT2D eigenvalue weighted by Crippen LogP contribution is 2.32. The van der Waals surface area contributed by atoms with Crippen molar-refractivity contribution in [3.63, 3.8) is 0 Å². The Morgan fingerprint density at radius 3 is 2.29 bits per heavy atom. The minimum absolute atomic E-state index is 0.0865. The van der Waals surface area contributed by atoms with Crippen LogP contribution in [0.1, 0.15) is 50.6 Å². The molecule has 2 unspecified atom stereocenters. The van der Waals surface area contributed by atoms with Crippen molar-refractivity contribution in [1.82, 2.24) is 15.1 Å². The Kier molecular flexibility index (Phi) is 6.00. The summed E-state index contributed by atoms with van der Waals surface area (Å²) in [5.74, 6) is 1.88. The predicted molar refractivity (Wildman–Crippen MR) is 110 cm³/mol. The van der Waals surface area contributed by atoms with Crippen molar-refractivity contribution in [3.05, 3.63) is 35.9 Å². The molecule has 0 aromatic heterocycles. The van der Waals surface area contributed by atoms with Crippen molar-refractivity contribution in [2.24, 2.45) is 17.8 Å². The highest BCUT2D eigenvalue weighted by atomic mass is 16.2. The maximum absolute atomic E-state index is 12.7. The zero-order valence-electron chi connectivity index (χ0n) is 17.0. The van der Waals surface area contributed by atoms with Gasteiger partial charge in [0.15, 0.2) is 0 Å². The quantitative estimate of drug-likeness (QED) is 0.822. The summed E-state index contributed by atoms with van der Waals surface area (Å²) in [7, 11) is 0. The minimum atomic E-state index is 0.0865. The molecular weight excluding hydrogens is 350 g/mol. The molecule has 1 N–H and O–H groups in total. The molecule has 1 aromatic rings. The Labute approximate surface area is 168 Å². The van der Waals surface area contributed by atoms with Gasteiger partial charge in [-0.3, -0.25) is 9.59 Å². The van der Waals surface area contributed by atoms with Gasteiger partial charge in [-0.25, -0.2) is 0 Å². The fourth-order valence-corrected chi connectivity index (χ4v) is 5.33. The fraction of sp³-hybridized carbons (Fsp3) is 0.652. The number of benzene rings is 1. The summed E-state index contributed by atoms with van der Waals surface area (Å²) in [6.07, 6.45) is 5.38. The Morgan fingerprint density at radius 2 is 1.68 bits per heavy atom. The number of amides is 2. The number of rotatable bonds is 6. The molecule has 1 aliphatic carbocycles. The van der Waals surface area contributed by atoms with Gasteiger partial charge >= 0.3 is 0 Å². The first-order chi connectivity index (χ1) is 13.6. The third-order valence-corrected chi connectivity index (χ3v) is 6.99. The molecule has 1 saturated carbocycles. The van der Waals surface area contributed by atoms with Crippen LogP contribution in [0.4, 0.5) is 0 Å². The van der Waals surface area contributed by atoms with Crippen LogP contribution in [-0.4, -0.2) is 54.3 Å². The highest BCUT2D eigenvalue weighted by molar-refractivity contribution is 5.79. The second-order valence-electron chi connectivity index (χ2n) is 8.95. The number of carbonyl (C=O) groups is 2. The van der Waals surface area contributed by atoms with Gasteiger partial charge in [0.2, 0.25) is 11.8 Å². The molecule has 2 aliphatic heterocycles. The summed E-state index contributed by atoms with van der Waals surface area (Å²) in [5.41, 5.74) is 1.20. The lowest BCUT2D eigenvalue weighted by Gasteiger charge is -2.25. The molecule has 1 aromatic carbocycles. The maximum atomic E-state index is 12.7. The molecule has 3 aliphatic rings. The molecule has 5 nitrogen and oxygen atoms in total. The zero-order chi connectivity index (χ0) is 19.5. The van der Waals surface area contributed by atoms with Gasteiger partial charge in [0.1, 0.15) is 0 Å². The number of hydrogen-bond acceptors (Lipinski definition) is 3. The first-order valence-electron chi connectivity index (χ1n) is 10.9. The van der Waals surface area contributed by atoms with Crippen molar-refractivity contribution in [3.8, 4) is 0 Å². The van der Waals surface area contributed by atoms with Gasteiger partial charge in [-0.1, -0.05) is 43.2 Å². The van der Waals surface area contributed by atoms with Gasteiger partial charge in [0.05, 0.1) is 6.04 Å². The van der Waals surface area contributed by atoms with Crippen LogP contribution in [0.2, 0.25) is 0 Å². The second kappa shape index (κ2) is 8.64. The van der Waals surface area contributed by atoms with E-state index in [0.29, 0.717) is 11.8 Å². The smallest absolute Gasteiger partial charge is 0.223 e. The van der Waals surface area contributed by atoms with Crippen molar-refractivity contribution >= 4 is 11.8 Å². The van der Waals surface area contributed by atoms with Gasteiger partial charge in [-0.15, -0.1) is 0 Å². The lowest BCUT2D eigenvalue weighted by molar-refractivity contribution is -0.128. The number of nitrogens with one attached hydrogen (secondary N) is 1. The number of hydrogen-bond donors (Lipinski definition) is 1.